The Morgan fingerprint density at radius 2 is 2.08 bits per heavy atom. The Kier molecular flexibility index (Phi) is 5.84. The molecule has 1 aliphatic rings. The maximum Gasteiger partial charge on any atom is 0.416 e. The standard InChI is InChI=1S/C17H19F3N2O3/c1-3-16(24)22(2)8-15(23)21-13-4-5-14(17(18,19)20)12(7-13)6-11-9-25-10-11/h3-5,7,11H,1,6,8-10H2,2H3,(H,21,23). The summed E-state index contributed by atoms with van der Waals surface area (Å²) in [6.07, 6.45) is -3.16. The molecule has 1 aromatic carbocycles. The third-order valence-electron chi connectivity index (χ3n) is 3.84. The molecule has 8 heteroatoms. The van der Waals surface area contributed by atoms with Crippen molar-refractivity contribution >= 4 is 17.5 Å². The van der Waals surface area contributed by atoms with Crippen molar-refractivity contribution in [2.75, 3.05) is 32.1 Å². The number of hydrogen-bond acceptors (Lipinski definition) is 3. The van der Waals surface area contributed by atoms with Crippen LogP contribution in [0.2, 0.25) is 0 Å². The van der Waals surface area contributed by atoms with Crippen LogP contribution in [0.1, 0.15) is 11.1 Å². The number of likely N-dealkylation sites (N-methyl/N-ethyl adjacent to an activating group) is 1. The topological polar surface area (TPSA) is 58.6 Å². The molecule has 2 amide bonds. The van der Waals surface area contributed by atoms with E-state index in [0.29, 0.717) is 13.2 Å². The number of anilines is 1. The number of halogens is 3. The van der Waals surface area contributed by atoms with Crippen LogP contribution >= 0.6 is 0 Å². The summed E-state index contributed by atoms with van der Waals surface area (Å²) in [5, 5.41) is 2.51. The number of benzene rings is 1. The summed E-state index contributed by atoms with van der Waals surface area (Å²) in [4.78, 5) is 24.5. The first-order chi connectivity index (χ1) is 11.7. The molecule has 0 atom stereocenters. The van der Waals surface area contributed by atoms with Gasteiger partial charge in [-0.3, -0.25) is 9.59 Å². The van der Waals surface area contributed by atoms with Crippen LogP contribution in [0.3, 0.4) is 0 Å². The number of carbonyl (C=O) groups is 2. The summed E-state index contributed by atoms with van der Waals surface area (Å²) in [6.45, 7) is 3.96. The van der Waals surface area contributed by atoms with E-state index in [1.54, 1.807) is 0 Å². The van der Waals surface area contributed by atoms with Crippen LogP contribution in [-0.4, -0.2) is 43.5 Å². The van der Waals surface area contributed by atoms with Gasteiger partial charge in [-0.1, -0.05) is 6.58 Å². The third-order valence-corrected chi connectivity index (χ3v) is 3.84. The summed E-state index contributed by atoms with van der Waals surface area (Å²) in [6, 6.07) is 3.49. The molecule has 25 heavy (non-hydrogen) atoms. The van der Waals surface area contributed by atoms with Crippen molar-refractivity contribution in [1.29, 1.82) is 0 Å². The van der Waals surface area contributed by atoms with Gasteiger partial charge < -0.3 is 15.0 Å². The van der Waals surface area contributed by atoms with Gasteiger partial charge in [-0.05, 0) is 36.3 Å². The van der Waals surface area contributed by atoms with Crippen molar-refractivity contribution in [3.63, 3.8) is 0 Å². The number of rotatable bonds is 6. The van der Waals surface area contributed by atoms with Crippen LogP contribution in [0, 0.1) is 5.92 Å². The quantitative estimate of drug-likeness (QED) is 0.797. The average molecular weight is 356 g/mol. The second-order valence-corrected chi connectivity index (χ2v) is 5.92. The Hall–Kier alpha value is -2.35. The molecule has 2 rings (SSSR count). The third kappa shape index (κ3) is 5.06. The zero-order valence-electron chi connectivity index (χ0n) is 13.7. The van der Waals surface area contributed by atoms with Crippen LogP contribution in [0.5, 0.6) is 0 Å². The molecule has 0 unspecified atom stereocenters. The zero-order valence-corrected chi connectivity index (χ0v) is 13.7. The number of nitrogens with one attached hydrogen (secondary N) is 1. The second kappa shape index (κ2) is 7.69. The first-order valence-electron chi connectivity index (χ1n) is 7.66. The molecule has 5 nitrogen and oxygen atoms in total. The van der Waals surface area contributed by atoms with E-state index in [4.69, 9.17) is 4.74 Å². The van der Waals surface area contributed by atoms with E-state index >= 15 is 0 Å². The lowest BCUT2D eigenvalue weighted by Crippen LogP contribution is -2.33. The van der Waals surface area contributed by atoms with E-state index in [1.165, 1.54) is 19.2 Å². The molecule has 0 saturated carbocycles. The van der Waals surface area contributed by atoms with E-state index in [1.807, 2.05) is 0 Å². The molecule has 0 aromatic heterocycles. The van der Waals surface area contributed by atoms with Crippen LogP contribution in [0.4, 0.5) is 18.9 Å². The lowest BCUT2D eigenvalue weighted by Gasteiger charge is -2.27. The van der Waals surface area contributed by atoms with Crippen molar-refractivity contribution in [2.45, 2.75) is 12.6 Å². The minimum Gasteiger partial charge on any atom is -0.381 e. The Morgan fingerprint density at radius 3 is 2.60 bits per heavy atom. The lowest BCUT2D eigenvalue weighted by atomic mass is 9.93. The van der Waals surface area contributed by atoms with Gasteiger partial charge >= 0.3 is 6.18 Å². The molecule has 1 fully saturated rings. The van der Waals surface area contributed by atoms with Crippen molar-refractivity contribution in [1.82, 2.24) is 4.90 Å². The number of alkyl halides is 3. The van der Waals surface area contributed by atoms with Gasteiger partial charge in [-0.15, -0.1) is 0 Å². The largest absolute Gasteiger partial charge is 0.416 e. The lowest BCUT2D eigenvalue weighted by molar-refractivity contribution is -0.138. The summed E-state index contributed by atoms with van der Waals surface area (Å²) >= 11 is 0. The van der Waals surface area contributed by atoms with Gasteiger partial charge in [0.15, 0.2) is 0 Å². The van der Waals surface area contributed by atoms with Crippen LogP contribution in [0.15, 0.2) is 30.9 Å². The highest BCUT2D eigenvalue weighted by Gasteiger charge is 2.34. The SMILES string of the molecule is C=CC(=O)N(C)CC(=O)Nc1ccc(C(F)(F)F)c(CC2COC2)c1. The van der Waals surface area contributed by atoms with Gasteiger partial charge in [0.2, 0.25) is 11.8 Å². The van der Waals surface area contributed by atoms with Crippen molar-refractivity contribution < 1.29 is 27.5 Å². The highest BCUT2D eigenvalue weighted by Crippen LogP contribution is 2.35. The minimum absolute atomic E-state index is 0.0448. The normalized spacial score (nSPS) is 14.6. The number of carbonyl (C=O) groups excluding carboxylic acids is 2. The van der Waals surface area contributed by atoms with Gasteiger partial charge in [0.25, 0.3) is 0 Å². The van der Waals surface area contributed by atoms with Crippen LogP contribution in [-0.2, 0) is 26.9 Å². The molecule has 1 N–H and O–H groups in total. The van der Waals surface area contributed by atoms with E-state index in [0.717, 1.165) is 17.0 Å². The Bertz CT molecular complexity index is 670. The van der Waals surface area contributed by atoms with Gasteiger partial charge in [0, 0.05) is 18.7 Å². The molecule has 1 heterocycles. The average Bonchev–Trinajstić information content (AvgIpc) is 2.48. The highest BCUT2D eigenvalue weighted by atomic mass is 19.4. The highest BCUT2D eigenvalue weighted by molar-refractivity contribution is 5.96. The maximum atomic E-state index is 13.1. The Morgan fingerprint density at radius 1 is 1.40 bits per heavy atom. The fraction of sp³-hybridized carbons (Fsp3) is 0.412. The molecular weight excluding hydrogens is 337 g/mol. The van der Waals surface area contributed by atoms with Crippen LogP contribution in [0.25, 0.3) is 0 Å². The number of hydrogen-bond donors (Lipinski definition) is 1. The predicted octanol–water partition coefficient (Wildman–Crippen LogP) is 2.48. The number of nitrogens with zero attached hydrogens (tertiary/aromatic N) is 1. The van der Waals surface area contributed by atoms with Crippen LogP contribution < -0.4 is 5.32 Å². The molecule has 1 saturated heterocycles. The first kappa shape index (κ1) is 19.0. The van der Waals surface area contributed by atoms with Gasteiger partial charge in [0.05, 0.1) is 25.3 Å². The van der Waals surface area contributed by atoms with E-state index < -0.39 is 23.6 Å². The molecule has 0 aliphatic carbocycles. The molecule has 136 valence electrons. The Labute approximate surface area is 143 Å². The second-order valence-electron chi connectivity index (χ2n) is 5.92. The predicted molar refractivity (Wildman–Crippen MR) is 85.9 cm³/mol. The molecule has 0 spiro atoms. The smallest absolute Gasteiger partial charge is 0.381 e. The van der Waals surface area contributed by atoms with Crippen molar-refractivity contribution in [2.24, 2.45) is 5.92 Å². The molecule has 0 bridgehead atoms. The van der Waals surface area contributed by atoms with E-state index in [2.05, 4.69) is 11.9 Å². The van der Waals surface area contributed by atoms with Crippen molar-refractivity contribution in [3.8, 4) is 0 Å². The minimum atomic E-state index is -4.46. The van der Waals surface area contributed by atoms with E-state index in [-0.39, 0.29) is 30.1 Å². The van der Waals surface area contributed by atoms with Gasteiger partial charge in [-0.25, -0.2) is 0 Å². The monoisotopic (exact) mass is 356 g/mol. The molecule has 0 radical (unpaired) electrons. The molecule has 1 aromatic rings. The fourth-order valence-electron chi connectivity index (χ4n) is 2.48. The van der Waals surface area contributed by atoms with Gasteiger partial charge in [-0.2, -0.15) is 13.2 Å². The Balaban J connectivity index is 2.12. The summed E-state index contributed by atoms with van der Waals surface area (Å²) in [7, 11) is 1.43. The summed E-state index contributed by atoms with van der Waals surface area (Å²) in [5.41, 5.74) is -0.335. The summed E-state index contributed by atoms with van der Waals surface area (Å²) < 4.78 is 44.4. The van der Waals surface area contributed by atoms with Gasteiger partial charge in [0.1, 0.15) is 0 Å². The number of amides is 2. The molecular formula is C17H19F3N2O3. The number of ether oxygens (including phenoxy) is 1. The molecule has 1 aliphatic heterocycles. The van der Waals surface area contributed by atoms with E-state index in [9.17, 15) is 22.8 Å². The summed E-state index contributed by atoms with van der Waals surface area (Å²) in [5.74, 6) is -0.882. The maximum absolute atomic E-state index is 13.1. The zero-order chi connectivity index (χ0) is 18.6. The first-order valence-corrected chi connectivity index (χ1v) is 7.66. The van der Waals surface area contributed by atoms with Crippen molar-refractivity contribution in [3.05, 3.63) is 42.0 Å². The fourth-order valence-corrected chi connectivity index (χ4v) is 2.48.